The Balaban J connectivity index is 2.85. The van der Waals surface area contributed by atoms with E-state index in [0.29, 0.717) is 6.61 Å². The number of carbonyl (C=O) groups is 1. The highest BCUT2D eigenvalue weighted by Gasteiger charge is 2.21. The molecule has 0 aliphatic carbocycles. The molecule has 0 bridgehead atoms. The number of benzene rings is 1. The number of halogens is 3. The zero-order chi connectivity index (χ0) is 19.9. The predicted molar refractivity (Wildman–Crippen MR) is 98.1 cm³/mol. The summed E-state index contributed by atoms with van der Waals surface area (Å²) in [6.45, 7) is 4.51. The highest BCUT2D eigenvalue weighted by molar-refractivity contribution is 6.76. The van der Waals surface area contributed by atoms with E-state index in [4.69, 9.17) is 15.2 Å². The monoisotopic (exact) mass is 392 g/mol. The highest BCUT2D eigenvalue weighted by Crippen LogP contribution is 2.28. The van der Waals surface area contributed by atoms with E-state index in [9.17, 15) is 18.0 Å². The van der Waals surface area contributed by atoms with Crippen LogP contribution in [0.4, 0.5) is 23.7 Å². The van der Waals surface area contributed by atoms with Crippen molar-refractivity contribution in [3.8, 4) is 5.75 Å². The van der Waals surface area contributed by atoms with Gasteiger partial charge in [-0.2, -0.15) is 0 Å². The van der Waals surface area contributed by atoms with Crippen molar-refractivity contribution in [2.75, 3.05) is 32.7 Å². The van der Waals surface area contributed by atoms with Crippen molar-refractivity contribution >= 4 is 19.9 Å². The SMILES string of the molecule is CN(Cc1cc(N)cc(F)c1OC(CF)CF)C(=O)OCC[Si](C)(C)C. The predicted octanol–water partition coefficient (Wildman–Crippen LogP) is 4.00. The van der Waals surface area contributed by atoms with Gasteiger partial charge < -0.3 is 20.1 Å². The number of nitrogens with two attached hydrogens (primary N) is 1. The molecule has 0 atom stereocenters. The molecule has 0 unspecified atom stereocenters. The van der Waals surface area contributed by atoms with Gasteiger partial charge in [-0.25, -0.2) is 18.0 Å². The summed E-state index contributed by atoms with van der Waals surface area (Å²) in [5, 5.41) is 0. The van der Waals surface area contributed by atoms with Crippen molar-refractivity contribution in [3.05, 3.63) is 23.5 Å². The molecule has 1 amide bonds. The minimum Gasteiger partial charge on any atom is -0.482 e. The molecule has 1 aromatic carbocycles. The Morgan fingerprint density at radius 3 is 2.42 bits per heavy atom. The Labute approximate surface area is 153 Å². The summed E-state index contributed by atoms with van der Waals surface area (Å²) in [6, 6.07) is 3.22. The van der Waals surface area contributed by atoms with Gasteiger partial charge >= 0.3 is 6.09 Å². The van der Waals surface area contributed by atoms with Gasteiger partial charge in [0.15, 0.2) is 17.7 Å². The summed E-state index contributed by atoms with van der Waals surface area (Å²) in [5.41, 5.74) is 5.95. The van der Waals surface area contributed by atoms with Gasteiger partial charge in [-0.3, -0.25) is 0 Å². The summed E-state index contributed by atoms with van der Waals surface area (Å²) >= 11 is 0. The molecule has 148 valence electrons. The number of hydrogen-bond acceptors (Lipinski definition) is 4. The lowest BCUT2D eigenvalue weighted by Crippen LogP contribution is -2.30. The van der Waals surface area contributed by atoms with Crippen LogP contribution < -0.4 is 10.5 Å². The Kier molecular flexibility index (Phi) is 8.26. The van der Waals surface area contributed by atoms with Crippen LogP contribution in [-0.2, 0) is 11.3 Å². The number of hydrogen-bond donors (Lipinski definition) is 1. The summed E-state index contributed by atoms with van der Waals surface area (Å²) < 4.78 is 49.9. The van der Waals surface area contributed by atoms with Gasteiger partial charge in [-0.15, -0.1) is 0 Å². The van der Waals surface area contributed by atoms with Crippen LogP contribution in [0.5, 0.6) is 5.75 Å². The van der Waals surface area contributed by atoms with E-state index in [0.717, 1.165) is 12.1 Å². The van der Waals surface area contributed by atoms with E-state index in [1.165, 1.54) is 18.0 Å². The second-order valence-electron chi connectivity index (χ2n) is 7.32. The number of amides is 1. The van der Waals surface area contributed by atoms with Gasteiger partial charge in [0, 0.05) is 32.4 Å². The number of carbonyl (C=O) groups excluding carboxylic acids is 1. The van der Waals surface area contributed by atoms with Crippen molar-refractivity contribution in [3.63, 3.8) is 0 Å². The van der Waals surface area contributed by atoms with Gasteiger partial charge in [-0.1, -0.05) is 19.6 Å². The molecular weight excluding hydrogens is 365 g/mol. The van der Waals surface area contributed by atoms with Crippen LogP contribution in [0.2, 0.25) is 25.7 Å². The van der Waals surface area contributed by atoms with E-state index in [1.54, 1.807) is 0 Å². The fourth-order valence-corrected chi connectivity index (χ4v) is 2.78. The molecule has 0 saturated carbocycles. The van der Waals surface area contributed by atoms with Crippen LogP contribution in [-0.4, -0.2) is 52.2 Å². The third-order valence-corrected chi connectivity index (χ3v) is 5.27. The molecule has 9 heteroatoms. The molecule has 0 fully saturated rings. The summed E-state index contributed by atoms with van der Waals surface area (Å²) in [5.74, 6) is -1.16. The van der Waals surface area contributed by atoms with Crippen molar-refractivity contribution in [1.82, 2.24) is 4.90 Å². The maximum absolute atomic E-state index is 14.1. The molecule has 26 heavy (non-hydrogen) atoms. The second-order valence-corrected chi connectivity index (χ2v) is 12.9. The van der Waals surface area contributed by atoms with Crippen molar-refractivity contribution in [2.24, 2.45) is 0 Å². The summed E-state index contributed by atoms with van der Waals surface area (Å²) in [4.78, 5) is 13.3. The van der Waals surface area contributed by atoms with Crippen LogP contribution in [0.3, 0.4) is 0 Å². The van der Waals surface area contributed by atoms with Gasteiger partial charge in [0.1, 0.15) is 13.3 Å². The van der Waals surface area contributed by atoms with E-state index < -0.39 is 39.4 Å². The normalized spacial score (nSPS) is 11.5. The molecule has 0 aliphatic heterocycles. The number of anilines is 1. The maximum atomic E-state index is 14.1. The number of ether oxygens (including phenoxy) is 2. The molecule has 0 radical (unpaired) electrons. The molecule has 0 heterocycles. The summed E-state index contributed by atoms with van der Waals surface area (Å²) in [6.07, 6.45) is -1.99. The fraction of sp³-hybridized carbons (Fsp3) is 0.588. The zero-order valence-corrected chi connectivity index (χ0v) is 16.7. The van der Waals surface area contributed by atoms with E-state index in [1.807, 2.05) is 0 Å². The lowest BCUT2D eigenvalue weighted by Gasteiger charge is -2.22. The molecule has 5 nitrogen and oxygen atoms in total. The Bertz CT molecular complexity index is 608. The third-order valence-electron chi connectivity index (χ3n) is 3.57. The molecular formula is C17H27F3N2O3Si. The zero-order valence-electron chi connectivity index (χ0n) is 15.7. The van der Waals surface area contributed by atoms with Gasteiger partial charge in [0.25, 0.3) is 0 Å². The molecule has 0 saturated heterocycles. The smallest absolute Gasteiger partial charge is 0.409 e. The van der Waals surface area contributed by atoms with Crippen LogP contribution in [0.1, 0.15) is 5.56 Å². The molecule has 2 N–H and O–H groups in total. The molecule has 0 aromatic heterocycles. The quantitative estimate of drug-likeness (QED) is 0.510. The number of nitrogens with zero attached hydrogens (tertiary/aromatic N) is 1. The van der Waals surface area contributed by atoms with Crippen molar-refractivity contribution in [1.29, 1.82) is 0 Å². The Morgan fingerprint density at radius 2 is 1.88 bits per heavy atom. The highest BCUT2D eigenvalue weighted by atomic mass is 28.3. The first-order valence-corrected chi connectivity index (χ1v) is 12.0. The third kappa shape index (κ3) is 7.15. The van der Waals surface area contributed by atoms with Crippen molar-refractivity contribution < 1.29 is 27.4 Å². The second kappa shape index (κ2) is 9.70. The maximum Gasteiger partial charge on any atom is 0.409 e. The molecule has 1 aromatic rings. The molecule has 0 spiro atoms. The lowest BCUT2D eigenvalue weighted by atomic mass is 10.1. The lowest BCUT2D eigenvalue weighted by molar-refractivity contribution is 0.110. The van der Waals surface area contributed by atoms with E-state index >= 15 is 0 Å². The minimum atomic E-state index is -1.42. The fourth-order valence-electron chi connectivity index (χ4n) is 2.07. The first-order valence-electron chi connectivity index (χ1n) is 8.31. The van der Waals surface area contributed by atoms with Crippen LogP contribution >= 0.6 is 0 Å². The van der Waals surface area contributed by atoms with Gasteiger partial charge in [0.05, 0.1) is 13.2 Å². The number of nitrogen functional groups attached to an aromatic ring is 1. The van der Waals surface area contributed by atoms with Crippen molar-refractivity contribution in [2.45, 2.75) is 38.3 Å². The van der Waals surface area contributed by atoms with Crippen LogP contribution in [0.25, 0.3) is 0 Å². The molecule has 1 rings (SSSR count). The number of alkyl halides is 2. The topological polar surface area (TPSA) is 64.8 Å². The minimum absolute atomic E-state index is 0.0750. The largest absolute Gasteiger partial charge is 0.482 e. The van der Waals surface area contributed by atoms with Crippen LogP contribution in [0.15, 0.2) is 12.1 Å². The standard InChI is InChI=1S/C17H27F3N2O3Si/c1-22(17(23)24-5-6-26(2,3)4)11-12-7-13(21)8-15(20)16(12)25-14(9-18)10-19/h7-8,14H,5-6,9-11,21H2,1-4H3. The average molecular weight is 392 g/mol. The van der Waals surface area contributed by atoms with Gasteiger partial charge in [-0.05, 0) is 12.1 Å². The Morgan fingerprint density at radius 1 is 1.27 bits per heavy atom. The van der Waals surface area contributed by atoms with Crippen LogP contribution in [0, 0.1) is 5.82 Å². The van der Waals surface area contributed by atoms with Gasteiger partial charge in [0.2, 0.25) is 0 Å². The Hall–Kier alpha value is -1.90. The first-order chi connectivity index (χ1) is 12.1. The summed E-state index contributed by atoms with van der Waals surface area (Å²) in [7, 11) is 0.139. The first kappa shape index (κ1) is 22.1. The average Bonchev–Trinajstić information content (AvgIpc) is 2.53. The van der Waals surface area contributed by atoms with E-state index in [2.05, 4.69) is 19.6 Å². The number of rotatable bonds is 9. The van der Waals surface area contributed by atoms with E-state index in [-0.39, 0.29) is 23.5 Å². The molecule has 0 aliphatic rings.